The van der Waals surface area contributed by atoms with Crippen molar-refractivity contribution < 1.29 is 14.3 Å². The van der Waals surface area contributed by atoms with Crippen molar-refractivity contribution in [3.63, 3.8) is 0 Å². The molecule has 5 nitrogen and oxygen atoms in total. The lowest BCUT2D eigenvalue weighted by Crippen LogP contribution is -2.28. The maximum Gasteiger partial charge on any atom is 0.176 e. The molecule has 0 bridgehead atoms. The van der Waals surface area contributed by atoms with Gasteiger partial charge in [0.05, 0.1) is 25.9 Å². The fourth-order valence-corrected chi connectivity index (χ4v) is 2.72. The van der Waals surface area contributed by atoms with Crippen LogP contribution < -0.4 is 20.1 Å². The number of para-hydroxylation sites is 1. The Hall–Kier alpha value is -2.53. The van der Waals surface area contributed by atoms with Crippen molar-refractivity contribution in [1.29, 1.82) is 0 Å². The number of benzene rings is 2. The average molecular weight is 326 g/mol. The minimum absolute atomic E-state index is 0.0492. The van der Waals surface area contributed by atoms with Crippen LogP contribution in [0.15, 0.2) is 42.5 Å². The van der Waals surface area contributed by atoms with Crippen LogP contribution in [0.4, 0.5) is 5.69 Å². The van der Waals surface area contributed by atoms with E-state index in [1.165, 1.54) is 0 Å². The summed E-state index contributed by atoms with van der Waals surface area (Å²) in [6, 6.07) is 13.3. The number of fused-ring (bicyclic) bond motifs is 1. The van der Waals surface area contributed by atoms with E-state index in [4.69, 9.17) is 9.47 Å². The number of rotatable bonds is 6. The highest BCUT2D eigenvalue weighted by atomic mass is 16.5. The number of Topliss-reactive ketones (excluding diaryl/α,β-unsaturated/α-hetero) is 1. The third-order valence-corrected chi connectivity index (χ3v) is 4.00. The predicted molar refractivity (Wildman–Crippen MR) is 94.1 cm³/mol. The van der Waals surface area contributed by atoms with Crippen molar-refractivity contribution in [2.75, 3.05) is 25.5 Å². The van der Waals surface area contributed by atoms with Crippen LogP contribution in [0.25, 0.3) is 0 Å². The Balaban J connectivity index is 1.59. The molecule has 24 heavy (non-hydrogen) atoms. The van der Waals surface area contributed by atoms with Crippen molar-refractivity contribution >= 4 is 11.5 Å². The highest BCUT2D eigenvalue weighted by Crippen LogP contribution is 2.30. The zero-order valence-corrected chi connectivity index (χ0v) is 14.0. The molecule has 0 aromatic heterocycles. The Labute approximate surface area is 142 Å². The first-order valence-electron chi connectivity index (χ1n) is 8.08. The number of hydrogen-bond acceptors (Lipinski definition) is 5. The molecule has 2 N–H and O–H groups in total. The molecule has 0 saturated heterocycles. The van der Waals surface area contributed by atoms with Gasteiger partial charge in [0.2, 0.25) is 0 Å². The van der Waals surface area contributed by atoms with Crippen LogP contribution in [-0.4, -0.2) is 32.1 Å². The lowest BCUT2D eigenvalue weighted by molar-refractivity contribution is 0.0990. The summed E-state index contributed by atoms with van der Waals surface area (Å²) < 4.78 is 11.0. The molecule has 0 aliphatic carbocycles. The van der Waals surface area contributed by atoms with E-state index in [0.29, 0.717) is 12.1 Å². The van der Waals surface area contributed by atoms with Gasteiger partial charge in [0.15, 0.2) is 5.78 Å². The van der Waals surface area contributed by atoms with Gasteiger partial charge in [-0.05, 0) is 31.2 Å². The minimum atomic E-state index is 0.0492. The first-order chi connectivity index (χ1) is 11.7. The van der Waals surface area contributed by atoms with Crippen molar-refractivity contribution in [1.82, 2.24) is 5.32 Å². The van der Waals surface area contributed by atoms with Crippen LogP contribution in [0, 0.1) is 0 Å². The number of carbonyl (C=O) groups is 1. The molecule has 2 aromatic rings. The Kier molecular flexibility index (Phi) is 5.01. The molecule has 1 unspecified atom stereocenters. The van der Waals surface area contributed by atoms with Gasteiger partial charge in [0.25, 0.3) is 0 Å². The van der Waals surface area contributed by atoms with Gasteiger partial charge in [-0.3, -0.25) is 4.79 Å². The number of anilines is 1. The van der Waals surface area contributed by atoms with E-state index in [1.54, 1.807) is 7.11 Å². The smallest absolute Gasteiger partial charge is 0.176 e. The Morgan fingerprint density at radius 3 is 3.00 bits per heavy atom. The van der Waals surface area contributed by atoms with Crippen LogP contribution >= 0.6 is 0 Å². The third-order valence-electron chi connectivity index (χ3n) is 4.00. The lowest BCUT2D eigenvalue weighted by atomic mass is 10.1. The molecule has 0 radical (unpaired) electrons. The van der Waals surface area contributed by atoms with E-state index < -0.39 is 0 Å². The van der Waals surface area contributed by atoms with E-state index in [0.717, 1.165) is 29.3 Å². The summed E-state index contributed by atoms with van der Waals surface area (Å²) in [4.78, 5) is 12.4. The second-order valence-electron chi connectivity index (χ2n) is 5.86. The van der Waals surface area contributed by atoms with Gasteiger partial charge in [0, 0.05) is 17.7 Å². The Morgan fingerprint density at radius 2 is 2.17 bits per heavy atom. The summed E-state index contributed by atoms with van der Waals surface area (Å²) >= 11 is 0. The summed E-state index contributed by atoms with van der Waals surface area (Å²) in [5.41, 5.74) is 2.58. The number of hydrogen-bond donors (Lipinski definition) is 2. The summed E-state index contributed by atoms with van der Waals surface area (Å²) in [6.07, 6.45) is 0.140. The summed E-state index contributed by atoms with van der Waals surface area (Å²) in [6.45, 7) is 3.61. The average Bonchev–Trinajstić information content (AvgIpc) is 2.61. The highest BCUT2D eigenvalue weighted by molar-refractivity contribution is 5.98. The van der Waals surface area contributed by atoms with E-state index in [9.17, 15) is 4.79 Å². The number of ketones is 1. The first-order valence-corrected chi connectivity index (χ1v) is 8.08. The standard InChI is InChI=1S/C19H22N2O3/c1-13-10-21-16-9-14(7-8-19(16)24-13)17(22)12-20-11-15-5-3-4-6-18(15)23-2/h3-9,13,20-21H,10-12H2,1-2H3. The van der Waals surface area contributed by atoms with Crippen molar-refractivity contribution in [3.8, 4) is 11.5 Å². The van der Waals surface area contributed by atoms with Gasteiger partial charge in [0.1, 0.15) is 17.6 Å². The molecular weight excluding hydrogens is 304 g/mol. The van der Waals surface area contributed by atoms with Gasteiger partial charge in [-0.15, -0.1) is 0 Å². The summed E-state index contributed by atoms with van der Waals surface area (Å²) in [7, 11) is 1.65. The van der Waals surface area contributed by atoms with Crippen molar-refractivity contribution in [2.45, 2.75) is 19.6 Å². The number of carbonyl (C=O) groups excluding carboxylic acids is 1. The zero-order valence-electron chi connectivity index (χ0n) is 14.0. The molecule has 1 heterocycles. The Bertz CT molecular complexity index is 730. The van der Waals surface area contributed by atoms with E-state index in [2.05, 4.69) is 10.6 Å². The van der Waals surface area contributed by atoms with Gasteiger partial charge in [-0.2, -0.15) is 0 Å². The molecule has 2 aromatic carbocycles. The second kappa shape index (κ2) is 7.36. The molecule has 0 saturated carbocycles. The summed E-state index contributed by atoms with van der Waals surface area (Å²) in [5, 5.41) is 6.47. The number of nitrogens with one attached hydrogen (secondary N) is 2. The van der Waals surface area contributed by atoms with Crippen LogP contribution in [0.3, 0.4) is 0 Å². The van der Waals surface area contributed by atoms with Gasteiger partial charge in [-0.1, -0.05) is 18.2 Å². The van der Waals surface area contributed by atoms with Crippen molar-refractivity contribution in [3.05, 3.63) is 53.6 Å². The van der Waals surface area contributed by atoms with Gasteiger partial charge < -0.3 is 20.1 Å². The van der Waals surface area contributed by atoms with Crippen LogP contribution in [-0.2, 0) is 6.54 Å². The maximum atomic E-state index is 12.4. The molecule has 0 spiro atoms. The maximum absolute atomic E-state index is 12.4. The quantitative estimate of drug-likeness (QED) is 0.800. The molecule has 3 rings (SSSR count). The van der Waals surface area contributed by atoms with Gasteiger partial charge in [-0.25, -0.2) is 0 Å². The molecule has 126 valence electrons. The molecule has 0 amide bonds. The van der Waals surface area contributed by atoms with Gasteiger partial charge >= 0.3 is 0 Å². The first kappa shape index (κ1) is 16.3. The molecule has 0 fully saturated rings. The van der Waals surface area contributed by atoms with Crippen molar-refractivity contribution in [2.24, 2.45) is 0 Å². The van der Waals surface area contributed by atoms with Crippen LogP contribution in [0.5, 0.6) is 11.5 Å². The minimum Gasteiger partial charge on any atom is -0.496 e. The van der Waals surface area contributed by atoms with Crippen LogP contribution in [0.1, 0.15) is 22.8 Å². The SMILES string of the molecule is COc1ccccc1CNCC(=O)c1ccc2c(c1)NCC(C)O2. The third kappa shape index (κ3) is 3.68. The highest BCUT2D eigenvalue weighted by Gasteiger charge is 2.17. The van der Waals surface area contributed by atoms with E-state index in [-0.39, 0.29) is 18.4 Å². The summed E-state index contributed by atoms with van der Waals surface area (Å²) in [5.74, 6) is 1.67. The normalized spacial score (nSPS) is 15.8. The fraction of sp³-hybridized carbons (Fsp3) is 0.316. The fourth-order valence-electron chi connectivity index (χ4n) is 2.72. The van der Waals surface area contributed by atoms with Crippen LogP contribution in [0.2, 0.25) is 0 Å². The molecule has 5 heteroatoms. The molecule has 1 aliphatic rings. The molecule has 1 atom stereocenters. The lowest BCUT2D eigenvalue weighted by Gasteiger charge is -2.25. The zero-order chi connectivity index (χ0) is 16.9. The Morgan fingerprint density at radius 1 is 1.33 bits per heavy atom. The van der Waals surface area contributed by atoms with E-state index >= 15 is 0 Å². The van der Waals surface area contributed by atoms with E-state index in [1.807, 2.05) is 49.4 Å². The molecule has 1 aliphatic heterocycles. The monoisotopic (exact) mass is 326 g/mol. The number of methoxy groups -OCH3 is 1. The largest absolute Gasteiger partial charge is 0.496 e. The topological polar surface area (TPSA) is 59.6 Å². The number of ether oxygens (including phenoxy) is 2. The molecular formula is C19H22N2O3. The second-order valence-corrected chi connectivity index (χ2v) is 5.86. The predicted octanol–water partition coefficient (Wildman–Crippen LogP) is 2.86.